The number of amides is 2. The van der Waals surface area contributed by atoms with Gasteiger partial charge >= 0.3 is 6.03 Å². The summed E-state index contributed by atoms with van der Waals surface area (Å²) in [6.07, 6.45) is 9.21. The molecule has 2 N–H and O–H groups in total. The second-order valence-corrected chi connectivity index (χ2v) is 5.07. The number of nitrogens with one attached hydrogen (secondary N) is 2. The molecule has 88 valence electrons. The van der Waals surface area contributed by atoms with E-state index in [9.17, 15) is 4.79 Å². The topological polar surface area (TPSA) is 41.1 Å². The van der Waals surface area contributed by atoms with Crippen molar-refractivity contribution < 1.29 is 4.79 Å². The van der Waals surface area contributed by atoms with Crippen LogP contribution in [0.2, 0.25) is 0 Å². The van der Waals surface area contributed by atoms with Crippen LogP contribution in [0.4, 0.5) is 4.79 Å². The average molecular weight is 230 g/mol. The van der Waals surface area contributed by atoms with Crippen molar-refractivity contribution in [3.63, 3.8) is 0 Å². The first-order chi connectivity index (χ1) is 7.33. The van der Waals surface area contributed by atoms with Gasteiger partial charge in [0, 0.05) is 12.6 Å². The van der Waals surface area contributed by atoms with E-state index >= 15 is 0 Å². The Hall–Kier alpha value is -0.380. The maximum absolute atomic E-state index is 11.4. The summed E-state index contributed by atoms with van der Waals surface area (Å²) < 4.78 is 0. The standard InChI is InChI=1S/C11H22N2OS/c1-15-9-5-4-8-12-11(14)13-10-6-2-3-7-10/h10H,2-9H2,1H3,(H2,12,13,14). The molecule has 3 nitrogen and oxygen atoms in total. The fourth-order valence-corrected chi connectivity index (χ4v) is 2.37. The van der Waals surface area contributed by atoms with Crippen molar-refractivity contribution in [2.75, 3.05) is 18.6 Å². The number of rotatable bonds is 6. The lowest BCUT2D eigenvalue weighted by Crippen LogP contribution is -2.41. The van der Waals surface area contributed by atoms with Crippen molar-refractivity contribution >= 4 is 17.8 Å². The van der Waals surface area contributed by atoms with Crippen molar-refractivity contribution in [3.8, 4) is 0 Å². The summed E-state index contributed by atoms with van der Waals surface area (Å²) in [5, 5.41) is 5.92. The molecule has 0 aromatic heterocycles. The lowest BCUT2D eigenvalue weighted by Gasteiger charge is -2.12. The van der Waals surface area contributed by atoms with Crippen LogP contribution in [-0.4, -0.2) is 30.6 Å². The predicted molar refractivity (Wildman–Crippen MR) is 66.4 cm³/mol. The summed E-state index contributed by atoms with van der Waals surface area (Å²) in [6, 6.07) is 0.447. The van der Waals surface area contributed by atoms with Crippen LogP contribution < -0.4 is 10.6 Å². The normalized spacial score (nSPS) is 16.6. The van der Waals surface area contributed by atoms with Gasteiger partial charge in [0.05, 0.1) is 0 Å². The van der Waals surface area contributed by atoms with Crippen molar-refractivity contribution in [1.82, 2.24) is 10.6 Å². The van der Waals surface area contributed by atoms with Gasteiger partial charge in [-0.25, -0.2) is 4.79 Å². The molecular formula is C11H22N2OS. The van der Waals surface area contributed by atoms with E-state index < -0.39 is 0 Å². The molecule has 0 atom stereocenters. The lowest BCUT2D eigenvalue weighted by atomic mass is 10.2. The molecule has 4 heteroatoms. The van der Waals surface area contributed by atoms with Crippen LogP contribution in [-0.2, 0) is 0 Å². The Kier molecular flexibility index (Phi) is 6.64. The summed E-state index contributed by atoms with van der Waals surface area (Å²) >= 11 is 1.86. The van der Waals surface area contributed by atoms with Gasteiger partial charge in [-0.3, -0.25) is 0 Å². The van der Waals surface area contributed by atoms with Crippen molar-refractivity contribution in [2.45, 2.75) is 44.6 Å². The van der Waals surface area contributed by atoms with Gasteiger partial charge in [-0.1, -0.05) is 12.8 Å². The number of hydrogen-bond donors (Lipinski definition) is 2. The molecule has 1 aliphatic rings. The molecule has 0 aliphatic heterocycles. The van der Waals surface area contributed by atoms with Gasteiger partial charge in [0.1, 0.15) is 0 Å². The maximum Gasteiger partial charge on any atom is 0.315 e. The first kappa shape index (κ1) is 12.7. The Balaban J connectivity index is 1.93. The molecule has 1 saturated carbocycles. The Morgan fingerprint density at radius 2 is 2.07 bits per heavy atom. The molecule has 15 heavy (non-hydrogen) atoms. The molecule has 0 bridgehead atoms. The van der Waals surface area contributed by atoms with E-state index in [1.165, 1.54) is 25.0 Å². The van der Waals surface area contributed by atoms with Gasteiger partial charge in [-0.2, -0.15) is 11.8 Å². The molecule has 0 aromatic rings. The lowest BCUT2D eigenvalue weighted by molar-refractivity contribution is 0.237. The molecule has 0 saturated heterocycles. The van der Waals surface area contributed by atoms with E-state index in [0.29, 0.717) is 6.04 Å². The van der Waals surface area contributed by atoms with Gasteiger partial charge in [-0.05, 0) is 37.7 Å². The Bertz CT molecular complexity index is 181. The Labute approximate surface area is 96.8 Å². The van der Waals surface area contributed by atoms with Crippen LogP contribution in [0.1, 0.15) is 38.5 Å². The average Bonchev–Trinajstić information content (AvgIpc) is 2.70. The summed E-state index contributed by atoms with van der Waals surface area (Å²) in [5.74, 6) is 1.19. The zero-order valence-corrected chi connectivity index (χ0v) is 10.4. The van der Waals surface area contributed by atoms with E-state index in [-0.39, 0.29) is 6.03 Å². The number of hydrogen-bond acceptors (Lipinski definition) is 2. The SMILES string of the molecule is CSCCCCNC(=O)NC1CCCC1. The molecule has 0 radical (unpaired) electrons. The van der Waals surface area contributed by atoms with E-state index in [4.69, 9.17) is 0 Å². The van der Waals surface area contributed by atoms with Gasteiger partial charge < -0.3 is 10.6 Å². The third-order valence-electron chi connectivity index (χ3n) is 2.75. The Morgan fingerprint density at radius 1 is 1.33 bits per heavy atom. The Morgan fingerprint density at radius 3 is 2.73 bits per heavy atom. The monoisotopic (exact) mass is 230 g/mol. The van der Waals surface area contributed by atoms with Gasteiger partial charge in [0.2, 0.25) is 0 Å². The zero-order chi connectivity index (χ0) is 10.9. The largest absolute Gasteiger partial charge is 0.338 e. The highest BCUT2D eigenvalue weighted by molar-refractivity contribution is 7.98. The summed E-state index contributed by atoms with van der Waals surface area (Å²) in [4.78, 5) is 11.4. The molecular weight excluding hydrogens is 208 g/mol. The first-order valence-electron chi connectivity index (χ1n) is 5.86. The number of unbranched alkanes of at least 4 members (excludes halogenated alkanes) is 1. The number of urea groups is 1. The summed E-state index contributed by atoms with van der Waals surface area (Å²) in [6.45, 7) is 0.805. The summed E-state index contributed by atoms with van der Waals surface area (Å²) in [7, 11) is 0. The molecule has 0 spiro atoms. The van der Waals surface area contributed by atoms with Crippen LogP contribution in [0, 0.1) is 0 Å². The molecule has 1 rings (SSSR count). The highest BCUT2D eigenvalue weighted by Gasteiger charge is 2.16. The molecule has 1 aliphatic carbocycles. The second kappa shape index (κ2) is 7.85. The first-order valence-corrected chi connectivity index (χ1v) is 7.25. The fraction of sp³-hybridized carbons (Fsp3) is 0.909. The van der Waals surface area contributed by atoms with Crippen LogP contribution >= 0.6 is 11.8 Å². The van der Waals surface area contributed by atoms with E-state index in [2.05, 4.69) is 16.9 Å². The minimum Gasteiger partial charge on any atom is -0.338 e. The smallest absolute Gasteiger partial charge is 0.315 e. The highest BCUT2D eigenvalue weighted by Crippen LogP contribution is 2.17. The molecule has 0 aromatic carbocycles. The predicted octanol–water partition coefficient (Wildman–Crippen LogP) is 2.37. The van der Waals surface area contributed by atoms with Crippen LogP contribution in [0.15, 0.2) is 0 Å². The molecule has 1 fully saturated rings. The zero-order valence-electron chi connectivity index (χ0n) is 9.55. The van der Waals surface area contributed by atoms with Crippen molar-refractivity contribution in [2.24, 2.45) is 0 Å². The van der Waals surface area contributed by atoms with Gasteiger partial charge in [0.15, 0.2) is 0 Å². The van der Waals surface area contributed by atoms with E-state index in [1.807, 2.05) is 11.8 Å². The van der Waals surface area contributed by atoms with Crippen molar-refractivity contribution in [1.29, 1.82) is 0 Å². The molecule has 2 amide bonds. The van der Waals surface area contributed by atoms with Crippen LogP contribution in [0.5, 0.6) is 0 Å². The quantitative estimate of drug-likeness (QED) is 0.688. The van der Waals surface area contributed by atoms with Crippen LogP contribution in [0.25, 0.3) is 0 Å². The second-order valence-electron chi connectivity index (χ2n) is 4.08. The van der Waals surface area contributed by atoms with E-state index in [1.54, 1.807) is 0 Å². The highest BCUT2D eigenvalue weighted by atomic mass is 32.2. The third-order valence-corrected chi connectivity index (χ3v) is 3.45. The van der Waals surface area contributed by atoms with Gasteiger partial charge in [0.25, 0.3) is 0 Å². The third kappa shape index (κ3) is 5.92. The minimum atomic E-state index is 0.0195. The van der Waals surface area contributed by atoms with Crippen molar-refractivity contribution in [3.05, 3.63) is 0 Å². The number of carbonyl (C=O) groups is 1. The van der Waals surface area contributed by atoms with Crippen LogP contribution in [0.3, 0.4) is 0 Å². The van der Waals surface area contributed by atoms with E-state index in [0.717, 1.165) is 25.8 Å². The maximum atomic E-state index is 11.4. The fourth-order valence-electron chi connectivity index (χ4n) is 1.88. The number of thioether (sulfide) groups is 1. The molecule has 0 heterocycles. The number of carbonyl (C=O) groups excluding carboxylic acids is 1. The summed E-state index contributed by atoms with van der Waals surface area (Å²) in [5.41, 5.74) is 0. The van der Waals surface area contributed by atoms with Gasteiger partial charge in [-0.15, -0.1) is 0 Å². The molecule has 0 unspecified atom stereocenters. The minimum absolute atomic E-state index is 0.0195.